The molecule has 25 heavy (non-hydrogen) atoms. The SMILES string of the molecule is CC(=O)NC(C(=O)NC1CCC(c2ccccc2)CC1)C1CCCC1. The van der Waals surface area contributed by atoms with Crippen LogP contribution in [0.25, 0.3) is 0 Å². The molecule has 136 valence electrons. The standard InChI is InChI=1S/C21H30N2O2/c1-15(24)22-20(18-9-5-6-10-18)21(25)23-19-13-11-17(12-14-19)16-7-3-2-4-8-16/h2-4,7-8,17-20H,5-6,9-14H2,1H3,(H,22,24)(H,23,25). The van der Waals surface area contributed by atoms with Crippen LogP contribution >= 0.6 is 0 Å². The quantitative estimate of drug-likeness (QED) is 0.860. The summed E-state index contributed by atoms with van der Waals surface area (Å²) in [6.45, 7) is 1.50. The van der Waals surface area contributed by atoms with Crippen molar-refractivity contribution in [3.05, 3.63) is 35.9 Å². The van der Waals surface area contributed by atoms with Crippen molar-refractivity contribution in [1.82, 2.24) is 10.6 Å². The van der Waals surface area contributed by atoms with Crippen molar-refractivity contribution in [3.8, 4) is 0 Å². The van der Waals surface area contributed by atoms with Crippen LogP contribution in [0, 0.1) is 5.92 Å². The lowest BCUT2D eigenvalue weighted by Crippen LogP contribution is -2.52. The second-order valence-electron chi connectivity index (χ2n) is 7.69. The zero-order valence-corrected chi connectivity index (χ0v) is 15.2. The van der Waals surface area contributed by atoms with Gasteiger partial charge in [0.15, 0.2) is 0 Å². The molecule has 0 heterocycles. The molecule has 1 aromatic rings. The maximum Gasteiger partial charge on any atom is 0.243 e. The molecule has 1 aromatic carbocycles. The summed E-state index contributed by atoms with van der Waals surface area (Å²) < 4.78 is 0. The minimum Gasteiger partial charge on any atom is -0.352 e. The van der Waals surface area contributed by atoms with Gasteiger partial charge < -0.3 is 10.6 Å². The molecule has 2 fully saturated rings. The molecular formula is C21H30N2O2. The summed E-state index contributed by atoms with van der Waals surface area (Å²) in [6, 6.07) is 10.6. The lowest BCUT2D eigenvalue weighted by atomic mass is 9.81. The molecule has 4 heteroatoms. The first-order chi connectivity index (χ1) is 12.1. The normalized spacial score (nSPS) is 25.3. The lowest BCUT2D eigenvalue weighted by molar-refractivity contribution is -0.130. The van der Waals surface area contributed by atoms with E-state index in [2.05, 4.69) is 41.0 Å². The molecule has 2 amide bonds. The van der Waals surface area contributed by atoms with Gasteiger partial charge in [0, 0.05) is 13.0 Å². The fourth-order valence-corrected chi connectivity index (χ4v) is 4.49. The van der Waals surface area contributed by atoms with E-state index in [4.69, 9.17) is 0 Å². The van der Waals surface area contributed by atoms with Crippen LogP contribution in [0.3, 0.4) is 0 Å². The molecule has 0 radical (unpaired) electrons. The summed E-state index contributed by atoms with van der Waals surface area (Å²) in [7, 11) is 0. The van der Waals surface area contributed by atoms with Gasteiger partial charge in [-0.3, -0.25) is 9.59 Å². The Labute approximate surface area is 150 Å². The Kier molecular flexibility index (Phi) is 6.11. The van der Waals surface area contributed by atoms with E-state index in [-0.39, 0.29) is 23.9 Å². The molecule has 2 aliphatic rings. The highest BCUT2D eigenvalue weighted by Gasteiger charge is 2.33. The molecule has 1 unspecified atom stereocenters. The summed E-state index contributed by atoms with van der Waals surface area (Å²) >= 11 is 0. The number of amides is 2. The van der Waals surface area contributed by atoms with Crippen molar-refractivity contribution in [2.45, 2.75) is 76.3 Å². The number of hydrogen-bond donors (Lipinski definition) is 2. The van der Waals surface area contributed by atoms with Crippen molar-refractivity contribution >= 4 is 11.8 Å². The average Bonchev–Trinajstić information content (AvgIpc) is 3.15. The molecule has 4 nitrogen and oxygen atoms in total. The largest absolute Gasteiger partial charge is 0.352 e. The van der Waals surface area contributed by atoms with E-state index in [1.54, 1.807) is 0 Å². The van der Waals surface area contributed by atoms with Gasteiger partial charge in [0.25, 0.3) is 0 Å². The number of rotatable bonds is 5. The van der Waals surface area contributed by atoms with E-state index in [0.717, 1.165) is 51.4 Å². The number of carbonyl (C=O) groups excluding carboxylic acids is 2. The Hall–Kier alpha value is -1.84. The fourth-order valence-electron chi connectivity index (χ4n) is 4.49. The van der Waals surface area contributed by atoms with Crippen LogP contribution in [-0.2, 0) is 9.59 Å². The molecule has 0 saturated heterocycles. The van der Waals surface area contributed by atoms with Gasteiger partial charge in [-0.2, -0.15) is 0 Å². The van der Waals surface area contributed by atoms with Gasteiger partial charge in [0.05, 0.1) is 0 Å². The third-order valence-corrected chi connectivity index (χ3v) is 5.86. The molecule has 0 bridgehead atoms. The number of hydrogen-bond acceptors (Lipinski definition) is 2. The van der Waals surface area contributed by atoms with Gasteiger partial charge in [-0.15, -0.1) is 0 Å². The molecule has 1 atom stereocenters. The highest BCUT2D eigenvalue weighted by Crippen LogP contribution is 2.33. The van der Waals surface area contributed by atoms with Crippen LogP contribution < -0.4 is 10.6 Å². The summed E-state index contributed by atoms with van der Waals surface area (Å²) in [5, 5.41) is 6.11. The predicted molar refractivity (Wildman–Crippen MR) is 99.1 cm³/mol. The zero-order valence-electron chi connectivity index (χ0n) is 15.2. The van der Waals surface area contributed by atoms with Gasteiger partial charge >= 0.3 is 0 Å². The van der Waals surface area contributed by atoms with Crippen molar-refractivity contribution in [1.29, 1.82) is 0 Å². The predicted octanol–water partition coefficient (Wildman–Crippen LogP) is 3.52. The second-order valence-corrected chi connectivity index (χ2v) is 7.69. The fraction of sp³-hybridized carbons (Fsp3) is 0.619. The average molecular weight is 342 g/mol. The topological polar surface area (TPSA) is 58.2 Å². The molecule has 2 aliphatic carbocycles. The van der Waals surface area contributed by atoms with Gasteiger partial charge in [-0.05, 0) is 55.9 Å². The molecular weight excluding hydrogens is 312 g/mol. The lowest BCUT2D eigenvalue weighted by Gasteiger charge is -2.31. The number of benzene rings is 1. The number of carbonyl (C=O) groups is 2. The maximum atomic E-state index is 12.8. The Morgan fingerprint density at radius 2 is 1.60 bits per heavy atom. The van der Waals surface area contributed by atoms with Gasteiger partial charge in [-0.1, -0.05) is 43.2 Å². The van der Waals surface area contributed by atoms with E-state index in [0.29, 0.717) is 11.8 Å². The van der Waals surface area contributed by atoms with E-state index in [1.807, 2.05) is 0 Å². The van der Waals surface area contributed by atoms with Gasteiger partial charge in [0.1, 0.15) is 6.04 Å². The summed E-state index contributed by atoms with van der Waals surface area (Å²) in [6.07, 6.45) is 8.67. The number of nitrogens with one attached hydrogen (secondary N) is 2. The van der Waals surface area contributed by atoms with Crippen molar-refractivity contribution in [2.75, 3.05) is 0 Å². The van der Waals surface area contributed by atoms with E-state index >= 15 is 0 Å². The van der Waals surface area contributed by atoms with Crippen molar-refractivity contribution in [2.24, 2.45) is 5.92 Å². The Morgan fingerprint density at radius 3 is 2.20 bits per heavy atom. The minimum atomic E-state index is -0.355. The van der Waals surface area contributed by atoms with Crippen LogP contribution in [0.4, 0.5) is 0 Å². The van der Waals surface area contributed by atoms with Crippen LogP contribution in [-0.4, -0.2) is 23.9 Å². The van der Waals surface area contributed by atoms with E-state index in [9.17, 15) is 9.59 Å². The first-order valence-electron chi connectivity index (χ1n) is 9.76. The first kappa shape index (κ1) is 18.0. The molecule has 2 N–H and O–H groups in total. The minimum absolute atomic E-state index is 0.0188. The molecule has 0 aliphatic heterocycles. The van der Waals surface area contributed by atoms with Gasteiger partial charge in [0.2, 0.25) is 11.8 Å². The smallest absolute Gasteiger partial charge is 0.243 e. The van der Waals surface area contributed by atoms with Crippen molar-refractivity contribution in [3.63, 3.8) is 0 Å². The third kappa shape index (κ3) is 4.83. The molecule has 3 rings (SSSR count). The molecule has 0 spiro atoms. The summed E-state index contributed by atoms with van der Waals surface area (Å²) in [4.78, 5) is 24.3. The Balaban J connectivity index is 1.53. The van der Waals surface area contributed by atoms with Crippen LogP contribution in [0.2, 0.25) is 0 Å². The summed E-state index contributed by atoms with van der Waals surface area (Å²) in [5.41, 5.74) is 1.41. The second kappa shape index (κ2) is 8.50. The monoisotopic (exact) mass is 342 g/mol. The van der Waals surface area contributed by atoms with Crippen molar-refractivity contribution < 1.29 is 9.59 Å². The van der Waals surface area contributed by atoms with Crippen LogP contribution in [0.5, 0.6) is 0 Å². The molecule has 2 saturated carbocycles. The zero-order chi connectivity index (χ0) is 17.6. The van der Waals surface area contributed by atoms with E-state index in [1.165, 1.54) is 12.5 Å². The molecule has 0 aromatic heterocycles. The van der Waals surface area contributed by atoms with E-state index < -0.39 is 0 Å². The van der Waals surface area contributed by atoms with Gasteiger partial charge in [-0.25, -0.2) is 0 Å². The highest BCUT2D eigenvalue weighted by molar-refractivity contribution is 5.87. The highest BCUT2D eigenvalue weighted by atomic mass is 16.2. The van der Waals surface area contributed by atoms with Crippen LogP contribution in [0.15, 0.2) is 30.3 Å². The Bertz CT molecular complexity index is 573. The maximum absolute atomic E-state index is 12.8. The van der Waals surface area contributed by atoms with Crippen LogP contribution in [0.1, 0.15) is 69.8 Å². The third-order valence-electron chi connectivity index (χ3n) is 5.86. The summed E-state index contributed by atoms with van der Waals surface area (Å²) in [5.74, 6) is 0.810. The first-order valence-corrected chi connectivity index (χ1v) is 9.76. The Morgan fingerprint density at radius 1 is 0.960 bits per heavy atom.